The summed E-state index contributed by atoms with van der Waals surface area (Å²) < 4.78 is 0. The van der Waals surface area contributed by atoms with Crippen molar-refractivity contribution in [1.29, 1.82) is 0 Å². The summed E-state index contributed by atoms with van der Waals surface area (Å²) >= 11 is 0. The molecule has 1 amide bonds. The Morgan fingerprint density at radius 3 is 2.48 bits per heavy atom. The molecule has 0 aromatic carbocycles. The number of carbonyl (C=O) groups is 1. The van der Waals surface area contributed by atoms with Gasteiger partial charge in [0, 0.05) is 50.7 Å². The Kier molecular flexibility index (Phi) is 5.08. The molecule has 0 atom stereocenters. The van der Waals surface area contributed by atoms with Crippen LogP contribution in [-0.4, -0.2) is 71.0 Å². The van der Waals surface area contributed by atoms with Crippen LogP contribution in [0.15, 0.2) is 18.3 Å². The summed E-state index contributed by atoms with van der Waals surface area (Å²) in [6, 6.07) is 4.70. The first kappa shape index (κ1) is 18.3. The molecule has 0 aliphatic carbocycles. The molecule has 6 heteroatoms. The SMILES string of the molecule is CC1CCN(C(=O)c2cc3cc(N4CCN(C(C)C)CC4)ncc3[nH]2)CC1. The van der Waals surface area contributed by atoms with Gasteiger partial charge >= 0.3 is 0 Å². The van der Waals surface area contributed by atoms with Gasteiger partial charge in [0.1, 0.15) is 11.5 Å². The van der Waals surface area contributed by atoms with E-state index < -0.39 is 0 Å². The van der Waals surface area contributed by atoms with Crippen LogP contribution in [0.4, 0.5) is 5.82 Å². The van der Waals surface area contributed by atoms with Gasteiger partial charge in [-0.2, -0.15) is 0 Å². The second-order valence-corrected chi connectivity index (χ2v) is 8.40. The van der Waals surface area contributed by atoms with E-state index in [0.717, 1.165) is 74.7 Å². The van der Waals surface area contributed by atoms with Crippen LogP contribution in [0, 0.1) is 5.92 Å². The highest BCUT2D eigenvalue weighted by Crippen LogP contribution is 2.24. The summed E-state index contributed by atoms with van der Waals surface area (Å²) in [5.41, 5.74) is 1.62. The number of nitrogens with one attached hydrogen (secondary N) is 1. The third-order valence-corrected chi connectivity index (χ3v) is 6.16. The molecule has 0 bridgehead atoms. The predicted molar refractivity (Wildman–Crippen MR) is 109 cm³/mol. The van der Waals surface area contributed by atoms with E-state index in [2.05, 4.69) is 46.6 Å². The first-order chi connectivity index (χ1) is 13.0. The Labute approximate surface area is 161 Å². The van der Waals surface area contributed by atoms with Crippen molar-refractivity contribution in [3.63, 3.8) is 0 Å². The number of anilines is 1. The number of hydrogen-bond acceptors (Lipinski definition) is 4. The Bertz CT molecular complexity index is 798. The molecule has 2 aromatic heterocycles. The minimum Gasteiger partial charge on any atom is -0.354 e. The zero-order valence-electron chi connectivity index (χ0n) is 16.7. The van der Waals surface area contributed by atoms with Gasteiger partial charge in [0.15, 0.2) is 0 Å². The van der Waals surface area contributed by atoms with Crippen LogP contribution in [0.2, 0.25) is 0 Å². The molecule has 27 heavy (non-hydrogen) atoms. The Morgan fingerprint density at radius 1 is 1.11 bits per heavy atom. The van der Waals surface area contributed by atoms with Gasteiger partial charge in [0.2, 0.25) is 0 Å². The number of aromatic nitrogens is 2. The van der Waals surface area contributed by atoms with Crippen molar-refractivity contribution in [2.24, 2.45) is 5.92 Å². The number of piperidine rings is 1. The van der Waals surface area contributed by atoms with Crippen LogP contribution in [0.5, 0.6) is 0 Å². The number of hydrogen-bond donors (Lipinski definition) is 1. The molecule has 0 radical (unpaired) electrons. The number of pyridine rings is 1. The van der Waals surface area contributed by atoms with Gasteiger partial charge in [-0.1, -0.05) is 6.92 Å². The largest absolute Gasteiger partial charge is 0.354 e. The summed E-state index contributed by atoms with van der Waals surface area (Å²) in [6.45, 7) is 12.6. The Hall–Kier alpha value is -2.08. The van der Waals surface area contributed by atoms with Crippen LogP contribution < -0.4 is 4.90 Å². The average molecular weight is 370 g/mol. The number of likely N-dealkylation sites (tertiary alicyclic amines) is 1. The number of piperazine rings is 1. The van der Waals surface area contributed by atoms with E-state index >= 15 is 0 Å². The molecule has 2 fully saturated rings. The summed E-state index contributed by atoms with van der Waals surface area (Å²) in [5.74, 6) is 1.85. The van der Waals surface area contributed by atoms with Crippen molar-refractivity contribution < 1.29 is 4.79 Å². The molecule has 4 rings (SSSR count). The van der Waals surface area contributed by atoms with E-state index in [-0.39, 0.29) is 5.91 Å². The molecule has 1 N–H and O–H groups in total. The molecule has 2 aromatic rings. The van der Waals surface area contributed by atoms with Crippen molar-refractivity contribution in [2.75, 3.05) is 44.2 Å². The predicted octanol–water partition coefficient (Wildman–Crippen LogP) is 2.97. The number of carbonyl (C=O) groups excluding carboxylic acids is 1. The van der Waals surface area contributed by atoms with Crippen molar-refractivity contribution in [3.8, 4) is 0 Å². The van der Waals surface area contributed by atoms with E-state index in [1.54, 1.807) is 0 Å². The van der Waals surface area contributed by atoms with Crippen molar-refractivity contribution in [1.82, 2.24) is 19.8 Å². The number of nitrogens with zero attached hydrogens (tertiary/aromatic N) is 4. The van der Waals surface area contributed by atoms with E-state index in [1.807, 2.05) is 17.2 Å². The Morgan fingerprint density at radius 2 is 1.81 bits per heavy atom. The molecule has 6 nitrogen and oxygen atoms in total. The number of amides is 1. The maximum atomic E-state index is 12.8. The molecule has 2 aliphatic heterocycles. The van der Waals surface area contributed by atoms with E-state index in [4.69, 9.17) is 0 Å². The zero-order valence-corrected chi connectivity index (χ0v) is 16.7. The van der Waals surface area contributed by atoms with Gasteiger partial charge < -0.3 is 14.8 Å². The van der Waals surface area contributed by atoms with Gasteiger partial charge in [-0.15, -0.1) is 0 Å². The van der Waals surface area contributed by atoms with Gasteiger partial charge in [-0.3, -0.25) is 9.69 Å². The summed E-state index contributed by atoms with van der Waals surface area (Å²) in [5, 5.41) is 1.07. The highest BCUT2D eigenvalue weighted by atomic mass is 16.2. The molecular formula is C21H31N5O. The third-order valence-electron chi connectivity index (χ3n) is 6.16. The van der Waals surface area contributed by atoms with Crippen molar-refractivity contribution in [2.45, 2.75) is 39.7 Å². The normalized spacial score (nSPS) is 20.0. The first-order valence-electron chi connectivity index (χ1n) is 10.3. The highest BCUT2D eigenvalue weighted by molar-refractivity contribution is 5.98. The fourth-order valence-corrected chi connectivity index (χ4v) is 4.16. The van der Waals surface area contributed by atoms with E-state index in [1.165, 1.54) is 0 Å². The lowest BCUT2D eigenvalue weighted by atomic mass is 9.99. The van der Waals surface area contributed by atoms with Gasteiger partial charge in [0.25, 0.3) is 5.91 Å². The fourth-order valence-electron chi connectivity index (χ4n) is 4.16. The van der Waals surface area contributed by atoms with Crippen LogP contribution in [0.25, 0.3) is 10.9 Å². The Balaban J connectivity index is 1.48. The number of fused-ring (bicyclic) bond motifs is 1. The van der Waals surface area contributed by atoms with Crippen molar-refractivity contribution in [3.05, 3.63) is 24.0 Å². The molecular weight excluding hydrogens is 338 g/mol. The van der Waals surface area contributed by atoms with Gasteiger partial charge in [-0.05, 0) is 44.7 Å². The summed E-state index contributed by atoms with van der Waals surface area (Å²) in [7, 11) is 0. The maximum absolute atomic E-state index is 12.8. The minimum atomic E-state index is 0.116. The average Bonchev–Trinajstić information content (AvgIpc) is 3.11. The molecule has 146 valence electrons. The molecule has 4 heterocycles. The lowest BCUT2D eigenvalue weighted by Gasteiger charge is -2.37. The minimum absolute atomic E-state index is 0.116. The van der Waals surface area contributed by atoms with Gasteiger partial charge in [-0.25, -0.2) is 4.98 Å². The second-order valence-electron chi connectivity index (χ2n) is 8.40. The van der Waals surface area contributed by atoms with Crippen LogP contribution in [0.3, 0.4) is 0 Å². The molecule has 2 aliphatic rings. The standard InChI is InChI=1S/C21H31N5O/c1-15(2)24-8-10-25(11-9-24)20-13-17-12-18(23-19(17)14-22-20)21(27)26-6-4-16(3)5-7-26/h12-16,23H,4-11H2,1-3H3. The summed E-state index contributed by atoms with van der Waals surface area (Å²) in [6.07, 6.45) is 4.06. The topological polar surface area (TPSA) is 55.5 Å². The van der Waals surface area contributed by atoms with Crippen LogP contribution in [-0.2, 0) is 0 Å². The number of H-pyrrole nitrogens is 1. The number of aromatic amines is 1. The summed E-state index contributed by atoms with van der Waals surface area (Å²) in [4.78, 5) is 27.6. The molecule has 0 saturated carbocycles. The van der Waals surface area contributed by atoms with Crippen LogP contribution >= 0.6 is 0 Å². The zero-order chi connectivity index (χ0) is 19.0. The highest BCUT2D eigenvalue weighted by Gasteiger charge is 2.23. The van der Waals surface area contributed by atoms with Crippen molar-refractivity contribution >= 4 is 22.6 Å². The number of rotatable bonds is 3. The smallest absolute Gasteiger partial charge is 0.270 e. The lowest BCUT2D eigenvalue weighted by molar-refractivity contribution is 0.0692. The quantitative estimate of drug-likeness (QED) is 0.904. The third kappa shape index (κ3) is 3.81. The van der Waals surface area contributed by atoms with E-state index in [9.17, 15) is 4.79 Å². The fraction of sp³-hybridized carbons (Fsp3) is 0.619. The molecule has 2 saturated heterocycles. The first-order valence-corrected chi connectivity index (χ1v) is 10.3. The maximum Gasteiger partial charge on any atom is 0.270 e. The van der Waals surface area contributed by atoms with Gasteiger partial charge in [0.05, 0.1) is 11.7 Å². The van der Waals surface area contributed by atoms with Crippen LogP contribution in [0.1, 0.15) is 44.1 Å². The second kappa shape index (κ2) is 7.50. The lowest BCUT2D eigenvalue weighted by Crippen LogP contribution is -2.49. The van der Waals surface area contributed by atoms with E-state index in [0.29, 0.717) is 11.7 Å². The molecule has 0 unspecified atom stereocenters. The monoisotopic (exact) mass is 369 g/mol. The molecule has 0 spiro atoms.